The highest BCUT2D eigenvalue weighted by molar-refractivity contribution is 5.96. The molecule has 3 aromatic carbocycles. The molecule has 3 aromatic rings. The summed E-state index contributed by atoms with van der Waals surface area (Å²) in [4.78, 5) is 56.4. The first-order valence-corrected chi connectivity index (χ1v) is 13.6. The minimum atomic E-state index is -1.12. The number of rotatable bonds is 7. The number of nitrogens with zero attached hydrogens (tertiary/aromatic N) is 3. The van der Waals surface area contributed by atoms with Crippen LogP contribution in [0.3, 0.4) is 0 Å². The van der Waals surface area contributed by atoms with Crippen LogP contribution >= 0.6 is 0 Å². The van der Waals surface area contributed by atoms with Crippen LogP contribution in [0.15, 0.2) is 66.7 Å². The van der Waals surface area contributed by atoms with Crippen molar-refractivity contribution >= 4 is 29.3 Å². The van der Waals surface area contributed by atoms with Gasteiger partial charge in [-0.3, -0.25) is 14.4 Å². The number of piperazine rings is 1. The Balaban J connectivity index is 1.43. The molecule has 0 saturated carbocycles. The van der Waals surface area contributed by atoms with Crippen molar-refractivity contribution in [3.63, 3.8) is 0 Å². The van der Waals surface area contributed by atoms with Gasteiger partial charge in [-0.25, -0.2) is 18.0 Å². The second-order valence-corrected chi connectivity index (χ2v) is 10.5. The molecule has 8 nitrogen and oxygen atoms in total. The number of urea groups is 1. The average Bonchev–Trinajstić information content (AvgIpc) is 2.93. The number of hydrogen-bond donors (Lipinski definition) is 1. The maximum absolute atomic E-state index is 14.0. The predicted octanol–water partition coefficient (Wildman–Crippen LogP) is 4.40. The number of ketones is 1. The Morgan fingerprint density at radius 3 is 2.26 bits per heavy atom. The highest BCUT2D eigenvalue weighted by Gasteiger charge is 2.48. The van der Waals surface area contributed by atoms with Crippen molar-refractivity contribution in [2.45, 2.75) is 38.4 Å². The van der Waals surface area contributed by atoms with Crippen LogP contribution in [-0.4, -0.2) is 70.2 Å². The smallest absolute Gasteiger partial charge is 0.323 e. The van der Waals surface area contributed by atoms with Crippen LogP contribution in [0.25, 0.3) is 0 Å². The van der Waals surface area contributed by atoms with Crippen molar-refractivity contribution < 1.29 is 32.3 Å². The highest BCUT2D eigenvalue weighted by atomic mass is 19.1. The SMILES string of the molecule is CC(=O)c1ccc(NC(=O)N2CCC(=O)N3[C@@H]2CN(CCc2cccc(F)c2)C(=O)[C@@H]3Cc2cc(F)cc(F)c2)cc1. The Hall–Kier alpha value is -4.67. The molecule has 4 amide bonds. The molecule has 0 aromatic heterocycles. The lowest BCUT2D eigenvalue weighted by Crippen LogP contribution is -2.72. The van der Waals surface area contributed by atoms with Gasteiger partial charge in [-0.05, 0) is 73.0 Å². The molecule has 2 heterocycles. The predicted molar refractivity (Wildman–Crippen MR) is 148 cm³/mol. The summed E-state index contributed by atoms with van der Waals surface area (Å²) in [5.41, 5.74) is 1.78. The van der Waals surface area contributed by atoms with Crippen LogP contribution in [0.5, 0.6) is 0 Å². The van der Waals surface area contributed by atoms with E-state index in [0.717, 1.165) is 18.2 Å². The molecule has 2 atom stereocenters. The molecule has 2 aliphatic rings. The van der Waals surface area contributed by atoms with Gasteiger partial charge in [-0.15, -0.1) is 0 Å². The van der Waals surface area contributed by atoms with E-state index in [4.69, 9.17) is 0 Å². The second kappa shape index (κ2) is 12.1. The van der Waals surface area contributed by atoms with Crippen molar-refractivity contribution in [2.75, 3.05) is 25.0 Å². The Kier molecular flexibility index (Phi) is 8.28. The van der Waals surface area contributed by atoms with Crippen LogP contribution in [-0.2, 0) is 22.4 Å². The maximum Gasteiger partial charge on any atom is 0.323 e. The van der Waals surface area contributed by atoms with E-state index >= 15 is 0 Å². The van der Waals surface area contributed by atoms with Crippen molar-refractivity contribution in [3.05, 3.63) is 101 Å². The molecule has 0 unspecified atom stereocenters. The van der Waals surface area contributed by atoms with Crippen LogP contribution in [0.4, 0.5) is 23.7 Å². The third-order valence-corrected chi connectivity index (χ3v) is 7.57. The summed E-state index contributed by atoms with van der Waals surface area (Å²) >= 11 is 0. The van der Waals surface area contributed by atoms with Gasteiger partial charge in [0.1, 0.15) is 29.7 Å². The first kappa shape index (κ1) is 28.8. The van der Waals surface area contributed by atoms with E-state index in [1.54, 1.807) is 36.4 Å². The zero-order valence-electron chi connectivity index (χ0n) is 22.9. The summed E-state index contributed by atoms with van der Waals surface area (Å²) in [5, 5.41) is 2.79. The Morgan fingerprint density at radius 2 is 1.60 bits per heavy atom. The Morgan fingerprint density at radius 1 is 0.905 bits per heavy atom. The number of halogens is 3. The second-order valence-electron chi connectivity index (χ2n) is 10.5. The average molecular weight is 579 g/mol. The van der Waals surface area contributed by atoms with E-state index in [-0.39, 0.29) is 49.7 Å². The minimum absolute atomic E-state index is 0.00456. The number of Topliss-reactive ketones (excluding diaryl/α,β-unsaturated/α-hetero) is 1. The Bertz CT molecular complexity index is 1510. The fraction of sp³-hybridized carbons (Fsp3) is 0.290. The normalized spacial score (nSPS) is 18.6. The first-order chi connectivity index (χ1) is 20.1. The summed E-state index contributed by atoms with van der Waals surface area (Å²) in [6.45, 7) is 1.71. The van der Waals surface area contributed by atoms with Gasteiger partial charge in [0.2, 0.25) is 11.8 Å². The van der Waals surface area contributed by atoms with E-state index in [2.05, 4.69) is 5.32 Å². The lowest BCUT2D eigenvalue weighted by atomic mass is 9.97. The molecular weight excluding hydrogens is 549 g/mol. The number of carbonyl (C=O) groups excluding carboxylic acids is 4. The van der Waals surface area contributed by atoms with Gasteiger partial charge in [0, 0.05) is 43.2 Å². The number of carbonyl (C=O) groups is 4. The van der Waals surface area contributed by atoms with Gasteiger partial charge in [0.25, 0.3) is 0 Å². The molecule has 42 heavy (non-hydrogen) atoms. The molecule has 0 spiro atoms. The van der Waals surface area contributed by atoms with Gasteiger partial charge in [0.15, 0.2) is 5.78 Å². The minimum Gasteiger partial charge on any atom is -0.337 e. The third-order valence-electron chi connectivity index (χ3n) is 7.57. The summed E-state index contributed by atoms with van der Waals surface area (Å²) in [6.07, 6.45) is -0.733. The lowest BCUT2D eigenvalue weighted by molar-refractivity contribution is -0.166. The quantitative estimate of drug-likeness (QED) is 0.421. The zero-order chi connectivity index (χ0) is 30.0. The molecule has 0 bridgehead atoms. The number of amides is 4. The number of anilines is 1. The number of fused-ring (bicyclic) bond motifs is 1. The number of hydrogen-bond acceptors (Lipinski definition) is 4. The standard InChI is InChI=1S/C31H29F3N4O4/c1-19(39)22-5-7-26(8-6-22)35-31(42)37-12-10-29(40)38-27(16-21-14-24(33)17-25(34)15-21)30(41)36(18-28(37)38)11-9-20-3-2-4-23(32)13-20/h2-8,13-15,17,27-28H,9-12,16,18H2,1H3,(H,35,42)/t27-,28+/m0/s1. The molecule has 218 valence electrons. The van der Waals surface area contributed by atoms with Crippen LogP contribution in [0.1, 0.15) is 34.8 Å². The number of benzene rings is 3. The van der Waals surface area contributed by atoms with Gasteiger partial charge in [-0.2, -0.15) is 0 Å². The summed E-state index contributed by atoms with van der Waals surface area (Å²) < 4.78 is 41.8. The molecule has 11 heteroatoms. The van der Waals surface area contributed by atoms with E-state index in [1.807, 2.05) is 0 Å². The fourth-order valence-corrected chi connectivity index (χ4v) is 5.51. The van der Waals surface area contributed by atoms with Gasteiger partial charge >= 0.3 is 6.03 Å². The highest BCUT2D eigenvalue weighted by Crippen LogP contribution is 2.29. The van der Waals surface area contributed by atoms with E-state index in [9.17, 15) is 32.3 Å². The van der Waals surface area contributed by atoms with Crippen LogP contribution in [0, 0.1) is 17.5 Å². The van der Waals surface area contributed by atoms with Crippen LogP contribution < -0.4 is 5.32 Å². The van der Waals surface area contributed by atoms with Crippen molar-refractivity contribution in [2.24, 2.45) is 0 Å². The third kappa shape index (κ3) is 6.29. The molecule has 0 radical (unpaired) electrons. The number of nitrogens with one attached hydrogen (secondary N) is 1. The zero-order valence-corrected chi connectivity index (χ0v) is 22.9. The summed E-state index contributed by atoms with van der Waals surface area (Å²) in [6, 6.07) is 13.7. The van der Waals surface area contributed by atoms with Gasteiger partial charge < -0.3 is 20.0 Å². The van der Waals surface area contributed by atoms with Crippen molar-refractivity contribution in [1.29, 1.82) is 0 Å². The van der Waals surface area contributed by atoms with Crippen molar-refractivity contribution in [3.8, 4) is 0 Å². The monoisotopic (exact) mass is 578 g/mol. The maximum atomic E-state index is 14.0. The molecular formula is C31H29F3N4O4. The van der Waals surface area contributed by atoms with Gasteiger partial charge in [0.05, 0.1) is 6.54 Å². The topological polar surface area (TPSA) is 90.0 Å². The molecule has 0 aliphatic carbocycles. The molecule has 2 fully saturated rings. The largest absolute Gasteiger partial charge is 0.337 e. The summed E-state index contributed by atoms with van der Waals surface area (Å²) in [7, 11) is 0. The Labute approximate surface area is 240 Å². The van der Waals surface area contributed by atoms with E-state index in [0.29, 0.717) is 23.2 Å². The first-order valence-electron chi connectivity index (χ1n) is 13.6. The molecule has 2 saturated heterocycles. The van der Waals surface area contributed by atoms with Crippen LogP contribution in [0.2, 0.25) is 0 Å². The van der Waals surface area contributed by atoms with Crippen molar-refractivity contribution in [1.82, 2.24) is 14.7 Å². The van der Waals surface area contributed by atoms with E-state index in [1.165, 1.54) is 33.8 Å². The molecule has 2 aliphatic heterocycles. The molecule has 5 rings (SSSR count). The van der Waals surface area contributed by atoms with E-state index < -0.39 is 41.6 Å². The van der Waals surface area contributed by atoms with Gasteiger partial charge in [-0.1, -0.05) is 12.1 Å². The lowest BCUT2D eigenvalue weighted by Gasteiger charge is -2.52. The fourth-order valence-electron chi connectivity index (χ4n) is 5.51. The summed E-state index contributed by atoms with van der Waals surface area (Å²) in [5.74, 6) is -2.93. The molecule has 1 N–H and O–H groups in total.